The van der Waals surface area contributed by atoms with Crippen molar-refractivity contribution in [3.63, 3.8) is 0 Å². The van der Waals surface area contributed by atoms with Gasteiger partial charge in [-0.25, -0.2) is 0 Å². The number of ether oxygens (including phenoxy) is 8. The first kappa shape index (κ1) is 56.3. The second-order valence-electron chi connectivity index (χ2n) is 14.8. The molecule has 0 unspecified atom stereocenters. The van der Waals surface area contributed by atoms with Crippen LogP contribution in [0.3, 0.4) is 0 Å². The summed E-state index contributed by atoms with van der Waals surface area (Å²) in [7, 11) is 12.6. The van der Waals surface area contributed by atoms with Crippen molar-refractivity contribution in [2.24, 2.45) is 23.7 Å². The Morgan fingerprint density at radius 2 is 0.646 bits per heavy atom. The number of methoxy groups -OCH3 is 8. The number of nitrogens with zero attached hydrogens (tertiary/aromatic N) is 1. The molecule has 4 atom stereocenters. The highest BCUT2D eigenvalue weighted by Gasteiger charge is 2.28. The molecule has 366 valence electrons. The average molecular weight is 946 g/mol. The van der Waals surface area contributed by atoms with Gasteiger partial charge in [-0.2, -0.15) is 4.31 Å². The highest BCUT2D eigenvalue weighted by Crippen LogP contribution is 2.56. The van der Waals surface area contributed by atoms with Crippen molar-refractivity contribution in [1.82, 2.24) is 4.31 Å². The molecule has 0 saturated heterocycles. The summed E-state index contributed by atoms with van der Waals surface area (Å²) in [5.41, 5.74) is 3.79. The van der Waals surface area contributed by atoms with Gasteiger partial charge in [-0.15, -0.1) is 11.7 Å². The Morgan fingerprint density at radius 1 is 0.415 bits per heavy atom. The minimum absolute atomic E-state index is 0.0210. The molecule has 0 fully saturated rings. The lowest BCUT2D eigenvalue weighted by Crippen LogP contribution is -2.26. The molecule has 0 aliphatic heterocycles. The first-order chi connectivity index (χ1) is 31.2. The van der Waals surface area contributed by atoms with Gasteiger partial charge >= 0.3 is 0 Å². The van der Waals surface area contributed by atoms with E-state index in [1.807, 2.05) is 60.7 Å². The first-order valence-corrected chi connectivity index (χ1v) is 22.3. The van der Waals surface area contributed by atoms with E-state index in [2.05, 4.69) is 0 Å². The topological polar surface area (TPSA) is 118 Å². The summed E-state index contributed by atoms with van der Waals surface area (Å²) < 4.78 is 106. The van der Waals surface area contributed by atoms with Gasteiger partial charge in [0.15, 0.2) is 46.0 Å². The van der Waals surface area contributed by atoms with Crippen LogP contribution in [0.2, 0.25) is 0 Å². The Bertz CT molecular complexity index is 1700. The zero-order chi connectivity index (χ0) is 48.5. The monoisotopic (exact) mass is 945 g/mol. The number of hydrogen-bond acceptors (Lipinski definition) is 11. The van der Waals surface area contributed by atoms with Crippen LogP contribution in [0, 0.1) is 23.7 Å². The molecule has 17 heteroatoms. The molecule has 0 aliphatic rings. The molecule has 11 nitrogen and oxygen atoms in total. The first-order valence-electron chi connectivity index (χ1n) is 21.1. The second-order valence-corrected chi connectivity index (χ2v) is 16.1. The molecule has 0 aliphatic carbocycles. The minimum atomic E-state index is -4.93. The third-order valence-corrected chi connectivity index (χ3v) is 12.1. The number of alkyl halides is 2. The van der Waals surface area contributed by atoms with Crippen LogP contribution in [0.25, 0.3) is 0 Å². The quantitative estimate of drug-likeness (QED) is 0.0619. The molecule has 0 heterocycles. The molecule has 4 rings (SSSR count). The summed E-state index contributed by atoms with van der Waals surface area (Å²) >= 11 is -4.93. The molecule has 0 saturated carbocycles. The predicted molar refractivity (Wildman–Crippen MR) is 247 cm³/mol. The number of rotatable bonds is 25. The molecule has 0 radical (unpaired) electrons. The van der Waals surface area contributed by atoms with Crippen molar-refractivity contribution < 1.29 is 68.5 Å². The van der Waals surface area contributed by atoms with Crippen LogP contribution in [0.1, 0.15) is 36.1 Å². The van der Waals surface area contributed by atoms with Crippen LogP contribution in [0.5, 0.6) is 46.0 Å². The number of halogens is 5. The third kappa shape index (κ3) is 17.5. The van der Waals surface area contributed by atoms with Gasteiger partial charge in [0.25, 0.3) is 11.4 Å². The molecule has 0 spiro atoms. The van der Waals surface area contributed by atoms with Gasteiger partial charge in [0.1, 0.15) is 0 Å². The molecule has 4 aromatic carbocycles. The van der Waals surface area contributed by atoms with E-state index in [1.165, 1.54) is 13.8 Å². The Labute approximate surface area is 384 Å². The lowest BCUT2D eigenvalue weighted by atomic mass is 9.83. The van der Waals surface area contributed by atoms with Crippen molar-refractivity contribution >= 4 is 11.4 Å². The Kier molecular flexibility index (Phi) is 25.7. The summed E-state index contributed by atoms with van der Waals surface area (Å²) in [5.74, 6) is 3.90. The molecule has 0 aromatic heterocycles. The number of hydrogen-bond donors (Lipinski definition) is 2. The van der Waals surface area contributed by atoms with Crippen LogP contribution in [-0.4, -0.2) is 111 Å². The average Bonchev–Trinajstić information content (AvgIpc) is 3.33. The predicted octanol–water partition coefficient (Wildman–Crippen LogP) is 10.1. The molecular weight excluding hydrogens is 878 g/mol. The van der Waals surface area contributed by atoms with Gasteiger partial charge in [-0.05, 0) is 120 Å². The fourth-order valence-corrected chi connectivity index (χ4v) is 7.80. The fourth-order valence-electron chi connectivity index (χ4n) is 7.21. The van der Waals surface area contributed by atoms with Gasteiger partial charge < -0.3 is 48.1 Å². The smallest absolute Gasteiger partial charge is 0.278 e. The van der Waals surface area contributed by atoms with E-state index in [-0.39, 0.29) is 38.1 Å². The van der Waals surface area contributed by atoms with Crippen LogP contribution < -0.4 is 37.9 Å². The molecule has 0 amide bonds. The number of aliphatic hydroxyl groups excluding tert-OH is 2. The molecule has 65 heavy (non-hydrogen) atoms. The van der Waals surface area contributed by atoms with Crippen molar-refractivity contribution in [3.05, 3.63) is 95.1 Å². The summed E-state index contributed by atoms with van der Waals surface area (Å²) in [6.45, 7) is 1.89. The van der Waals surface area contributed by atoms with Gasteiger partial charge in [0.05, 0.1) is 70.2 Å². The SMILES string of the molecule is CCN(CC)S(F)(F)F.COc1ccc(C[C@@H](CF)[C@@H](CF)Cc2ccc(OC)c(OC)c2)cc1OC.COc1ccc(C[C@@H](CO)[C@@H](CO)Cc2ccc(OC)c(OC)c2)cc1OC. The Balaban J connectivity index is 0.000000376. The molecular formula is C48H68F5NO10S. The van der Waals surface area contributed by atoms with Crippen molar-refractivity contribution in [3.8, 4) is 46.0 Å². The maximum Gasteiger partial charge on any atom is 0.278 e. The van der Waals surface area contributed by atoms with Crippen molar-refractivity contribution in [2.45, 2.75) is 39.5 Å². The zero-order valence-electron chi connectivity index (χ0n) is 39.2. The number of benzene rings is 4. The molecule has 2 N–H and O–H groups in total. The van der Waals surface area contributed by atoms with E-state index in [0.717, 1.165) is 22.3 Å². The lowest BCUT2D eigenvalue weighted by Gasteiger charge is -2.25. The third-order valence-electron chi connectivity index (χ3n) is 11.0. The van der Waals surface area contributed by atoms with E-state index in [4.69, 9.17) is 37.9 Å². The summed E-state index contributed by atoms with van der Waals surface area (Å²) in [4.78, 5) is 0. The van der Waals surface area contributed by atoms with Crippen molar-refractivity contribution in [2.75, 3.05) is 96.5 Å². The standard InChI is InChI=1S/C22H28F2O4.C22H30O6.C4H10F3NS/c2*1-25-19-7-5-15(11-21(19)27-3)9-17(13-23)18(14-24)10-16-6-8-20(26-2)22(12-16)28-4;1-3-8(4-2)9(5,6)7/h5-8,11-12,17-18H,9-10,13-14H2,1-4H3;5-8,11-12,17-18,23-24H,9-10,13-14H2,1-4H3;3-4H2,1-2H3/t2*17-,18+;. The summed E-state index contributed by atoms with van der Waals surface area (Å²) in [6, 6.07) is 22.3. The maximum atomic E-state index is 13.8. The highest BCUT2D eigenvalue weighted by molar-refractivity contribution is 8.18. The maximum absolute atomic E-state index is 13.8. The highest BCUT2D eigenvalue weighted by atomic mass is 32.3. The van der Waals surface area contributed by atoms with Crippen LogP contribution >= 0.6 is 11.4 Å². The van der Waals surface area contributed by atoms with Gasteiger partial charge in [-0.3, -0.25) is 8.78 Å². The van der Waals surface area contributed by atoms with Crippen molar-refractivity contribution in [1.29, 1.82) is 0 Å². The Hall–Kier alpha value is -4.84. The normalized spacial score (nSPS) is 13.1. The lowest BCUT2D eigenvalue weighted by molar-refractivity contribution is 0.119. The summed E-state index contributed by atoms with van der Waals surface area (Å²) in [6.07, 6.45) is 2.07. The van der Waals surface area contributed by atoms with Gasteiger partial charge in [-0.1, -0.05) is 38.1 Å². The van der Waals surface area contributed by atoms with Gasteiger partial charge in [0.2, 0.25) is 0 Å². The van der Waals surface area contributed by atoms with E-state index in [0.29, 0.717) is 76.0 Å². The van der Waals surface area contributed by atoms with E-state index >= 15 is 0 Å². The molecule has 4 aromatic rings. The van der Waals surface area contributed by atoms with E-state index in [1.54, 1.807) is 69.0 Å². The fraction of sp³-hybridized carbons (Fsp3) is 0.500. The van der Waals surface area contributed by atoms with E-state index < -0.39 is 36.6 Å². The largest absolute Gasteiger partial charge is 0.493 e. The Morgan fingerprint density at radius 3 is 0.800 bits per heavy atom. The van der Waals surface area contributed by atoms with Crippen LogP contribution in [-0.2, 0) is 25.7 Å². The second kappa shape index (κ2) is 29.6. The van der Waals surface area contributed by atoms with E-state index in [9.17, 15) is 30.7 Å². The van der Waals surface area contributed by atoms with Crippen LogP contribution in [0.4, 0.5) is 20.4 Å². The summed E-state index contributed by atoms with van der Waals surface area (Å²) in [5, 5.41) is 19.9. The molecule has 0 bridgehead atoms. The van der Waals surface area contributed by atoms with Gasteiger partial charge in [0, 0.05) is 26.3 Å². The zero-order valence-corrected chi connectivity index (χ0v) is 40.0. The van der Waals surface area contributed by atoms with Crippen LogP contribution in [0.15, 0.2) is 72.8 Å². The minimum Gasteiger partial charge on any atom is -0.493 e. The number of aliphatic hydroxyl groups is 2.